The molecule has 0 spiro atoms. The zero-order valence-electron chi connectivity index (χ0n) is 53.7. The summed E-state index contributed by atoms with van der Waals surface area (Å²) in [4.78, 5) is 38.2. The first-order valence-corrected chi connectivity index (χ1v) is 35.8. The summed E-state index contributed by atoms with van der Waals surface area (Å²) in [5.74, 6) is -0.854. The fourth-order valence-corrected chi connectivity index (χ4v) is 11.1. The minimum atomic E-state index is -0.771. The summed E-state index contributed by atoms with van der Waals surface area (Å²) in [6, 6.07) is 0. The largest absolute Gasteiger partial charge is 0.462 e. The number of ether oxygens (including phenoxy) is 3. The van der Waals surface area contributed by atoms with Gasteiger partial charge in [0.25, 0.3) is 0 Å². The van der Waals surface area contributed by atoms with Crippen molar-refractivity contribution in [3.05, 3.63) is 24.3 Å². The molecule has 0 aliphatic carbocycles. The number of esters is 3. The Bertz CT molecular complexity index is 1270. The van der Waals surface area contributed by atoms with Gasteiger partial charge in [-0.3, -0.25) is 14.4 Å². The minimum absolute atomic E-state index is 0.0689. The molecule has 0 aromatic rings. The van der Waals surface area contributed by atoms with Crippen molar-refractivity contribution >= 4 is 17.9 Å². The van der Waals surface area contributed by atoms with Crippen molar-refractivity contribution in [1.82, 2.24) is 0 Å². The van der Waals surface area contributed by atoms with Crippen LogP contribution in [0, 0.1) is 0 Å². The number of hydrogen-bond donors (Lipinski definition) is 0. The standard InChI is InChI=1S/C73H138O6/c1-4-7-10-13-16-19-21-23-25-27-28-29-30-31-32-33-34-35-36-37-38-39-40-41-42-43-44-46-47-49-51-54-57-60-63-66-72(75)78-69-70(68-77-71(74)65-62-59-56-53-18-15-12-9-6-3)79-73(76)67-64-61-58-55-52-50-48-45-26-24-22-20-17-14-11-8-5-2/h17,20,24,26,70H,4-16,18-19,21-23,25,27-69H2,1-3H3/b20-17-,26-24-. The van der Waals surface area contributed by atoms with Gasteiger partial charge in [-0.25, -0.2) is 0 Å². The van der Waals surface area contributed by atoms with Crippen LogP contribution in [0.1, 0.15) is 406 Å². The zero-order valence-corrected chi connectivity index (χ0v) is 53.7. The van der Waals surface area contributed by atoms with Crippen LogP contribution >= 0.6 is 0 Å². The topological polar surface area (TPSA) is 78.9 Å². The van der Waals surface area contributed by atoms with Gasteiger partial charge in [0.15, 0.2) is 6.10 Å². The summed E-state index contributed by atoms with van der Waals surface area (Å²) >= 11 is 0. The normalized spacial score (nSPS) is 12.1. The van der Waals surface area contributed by atoms with Gasteiger partial charge in [-0.1, -0.05) is 360 Å². The van der Waals surface area contributed by atoms with E-state index in [1.54, 1.807) is 0 Å². The zero-order chi connectivity index (χ0) is 57.1. The molecule has 79 heavy (non-hydrogen) atoms. The summed E-state index contributed by atoms with van der Waals surface area (Å²) < 4.78 is 16.9. The van der Waals surface area contributed by atoms with E-state index < -0.39 is 6.10 Å². The highest BCUT2D eigenvalue weighted by Crippen LogP contribution is 2.19. The molecular formula is C73H138O6. The first-order valence-electron chi connectivity index (χ1n) is 35.8. The molecule has 0 aromatic heterocycles. The molecular weight excluding hydrogens is 973 g/mol. The molecule has 1 unspecified atom stereocenters. The molecule has 0 aromatic carbocycles. The van der Waals surface area contributed by atoms with Gasteiger partial charge < -0.3 is 14.2 Å². The lowest BCUT2D eigenvalue weighted by Gasteiger charge is -2.18. The number of carbonyl (C=O) groups is 3. The van der Waals surface area contributed by atoms with Crippen molar-refractivity contribution < 1.29 is 28.6 Å². The minimum Gasteiger partial charge on any atom is -0.462 e. The Morgan fingerprint density at radius 3 is 0.722 bits per heavy atom. The molecule has 0 aliphatic rings. The van der Waals surface area contributed by atoms with Gasteiger partial charge in [0.05, 0.1) is 0 Å². The van der Waals surface area contributed by atoms with Crippen molar-refractivity contribution in [3.63, 3.8) is 0 Å². The van der Waals surface area contributed by atoms with E-state index in [9.17, 15) is 14.4 Å². The van der Waals surface area contributed by atoms with Crippen molar-refractivity contribution in [1.29, 1.82) is 0 Å². The number of unbranched alkanes of at least 4 members (excludes halogenated alkanes) is 52. The average Bonchev–Trinajstić information content (AvgIpc) is 3.45. The van der Waals surface area contributed by atoms with E-state index in [0.29, 0.717) is 19.3 Å². The highest BCUT2D eigenvalue weighted by molar-refractivity contribution is 5.71. The van der Waals surface area contributed by atoms with E-state index in [0.717, 1.165) is 70.6 Å². The Kier molecular flexibility index (Phi) is 66.6. The van der Waals surface area contributed by atoms with Gasteiger partial charge in [-0.05, 0) is 51.4 Å². The van der Waals surface area contributed by atoms with Crippen molar-refractivity contribution in [2.24, 2.45) is 0 Å². The molecule has 0 aliphatic heterocycles. The lowest BCUT2D eigenvalue weighted by atomic mass is 10.0. The summed E-state index contributed by atoms with van der Waals surface area (Å²) in [6.45, 7) is 6.66. The van der Waals surface area contributed by atoms with Crippen LogP contribution in [0.3, 0.4) is 0 Å². The highest BCUT2D eigenvalue weighted by atomic mass is 16.6. The Morgan fingerprint density at radius 1 is 0.253 bits per heavy atom. The molecule has 466 valence electrons. The fraction of sp³-hybridized carbons (Fsp3) is 0.904. The van der Waals surface area contributed by atoms with Crippen LogP contribution in [0.25, 0.3) is 0 Å². The molecule has 0 heterocycles. The van der Waals surface area contributed by atoms with E-state index >= 15 is 0 Å². The second kappa shape index (κ2) is 68.4. The van der Waals surface area contributed by atoms with Gasteiger partial charge in [0.2, 0.25) is 0 Å². The van der Waals surface area contributed by atoms with E-state index in [1.165, 1.54) is 295 Å². The second-order valence-corrected chi connectivity index (χ2v) is 24.5. The van der Waals surface area contributed by atoms with Crippen LogP contribution in [0.15, 0.2) is 24.3 Å². The molecule has 0 fully saturated rings. The van der Waals surface area contributed by atoms with Gasteiger partial charge in [-0.15, -0.1) is 0 Å². The molecule has 0 bridgehead atoms. The third-order valence-electron chi connectivity index (χ3n) is 16.5. The van der Waals surface area contributed by atoms with Crippen LogP contribution in [0.2, 0.25) is 0 Å². The lowest BCUT2D eigenvalue weighted by molar-refractivity contribution is -0.167. The maximum atomic E-state index is 12.9. The predicted molar refractivity (Wildman–Crippen MR) is 344 cm³/mol. The van der Waals surface area contributed by atoms with Crippen LogP contribution in [0.4, 0.5) is 0 Å². The van der Waals surface area contributed by atoms with Crippen molar-refractivity contribution in [3.8, 4) is 0 Å². The summed E-state index contributed by atoms with van der Waals surface area (Å²) in [7, 11) is 0. The number of allylic oxidation sites excluding steroid dienone is 4. The first kappa shape index (κ1) is 76.9. The third kappa shape index (κ3) is 66.6. The maximum Gasteiger partial charge on any atom is 0.306 e. The number of carbonyl (C=O) groups excluding carboxylic acids is 3. The highest BCUT2D eigenvalue weighted by Gasteiger charge is 2.19. The SMILES string of the molecule is CCCCC/C=C\C/C=C\CCCCCCCCCC(=O)OC(COC(=O)CCCCCCCCCCC)COC(=O)CCCCCCCCCCCCCCCCCCCCCCCCCCCCCCCCCCCCC. The molecule has 0 saturated heterocycles. The Morgan fingerprint density at radius 2 is 0.456 bits per heavy atom. The quantitative estimate of drug-likeness (QED) is 0.0261. The van der Waals surface area contributed by atoms with Crippen LogP contribution < -0.4 is 0 Å². The molecule has 6 heteroatoms. The van der Waals surface area contributed by atoms with E-state index in [2.05, 4.69) is 45.1 Å². The fourth-order valence-electron chi connectivity index (χ4n) is 11.1. The monoisotopic (exact) mass is 1110 g/mol. The van der Waals surface area contributed by atoms with Crippen molar-refractivity contribution in [2.45, 2.75) is 412 Å². The first-order chi connectivity index (χ1) is 39.0. The average molecular weight is 1110 g/mol. The molecule has 0 radical (unpaired) electrons. The van der Waals surface area contributed by atoms with Gasteiger partial charge in [0, 0.05) is 19.3 Å². The summed E-state index contributed by atoms with van der Waals surface area (Å²) in [5, 5.41) is 0. The van der Waals surface area contributed by atoms with Gasteiger partial charge in [0.1, 0.15) is 13.2 Å². The van der Waals surface area contributed by atoms with Crippen LogP contribution in [0.5, 0.6) is 0 Å². The summed E-state index contributed by atoms with van der Waals surface area (Å²) in [6.07, 6.45) is 83.9. The molecule has 0 saturated carbocycles. The smallest absolute Gasteiger partial charge is 0.306 e. The van der Waals surface area contributed by atoms with Gasteiger partial charge in [-0.2, -0.15) is 0 Å². The molecule has 0 rings (SSSR count). The van der Waals surface area contributed by atoms with E-state index in [-0.39, 0.29) is 31.1 Å². The Hall–Kier alpha value is -2.11. The van der Waals surface area contributed by atoms with Crippen LogP contribution in [-0.2, 0) is 28.6 Å². The number of rotatable bonds is 67. The Labute approximate surface area is 493 Å². The van der Waals surface area contributed by atoms with E-state index in [4.69, 9.17) is 14.2 Å². The second-order valence-electron chi connectivity index (χ2n) is 24.5. The van der Waals surface area contributed by atoms with Crippen molar-refractivity contribution in [2.75, 3.05) is 13.2 Å². The molecule has 1 atom stereocenters. The van der Waals surface area contributed by atoms with E-state index in [1.807, 2.05) is 0 Å². The number of hydrogen-bond acceptors (Lipinski definition) is 6. The Balaban J connectivity index is 3.96. The molecule has 6 nitrogen and oxygen atoms in total. The third-order valence-corrected chi connectivity index (χ3v) is 16.5. The maximum absolute atomic E-state index is 12.9. The molecule has 0 amide bonds. The van der Waals surface area contributed by atoms with Gasteiger partial charge >= 0.3 is 17.9 Å². The molecule has 0 N–H and O–H groups in total. The van der Waals surface area contributed by atoms with Crippen LogP contribution in [-0.4, -0.2) is 37.2 Å². The lowest BCUT2D eigenvalue weighted by Crippen LogP contribution is -2.30. The summed E-state index contributed by atoms with van der Waals surface area (Å²) in [5.41, 5.74) is 0. The predicted octanol–water partition coefficient (Wildman–Crippen LogP) is 24.6.